The summed E-state index contributed by atoms with van der Waals surface area (Å²) >= 11 is 0. The highest BCUT2D eigenvalue weighted by Crippen LogP contribution is 2.01. The van der Waals surface area contributed by atoms with E-state index in [2.05, 4.69) is 33.0 Å². The van der Waals surface area contributed by atoms with Crippen molar-refractivity contribution in [1.82, 2.24) is 5.32 Å². The summed E-state index contributed by atoms with van der Waals surface area (Å²) in [6, 6.07) is 0.326. The smallest absolute Gasteiger partial charge is 0.0167 e. The van der Waals surface area contributed by atoms with Gasteiger partial charge in [-0.2, -0.15) is 0 Å². The summed E-state index contributed by atoms with van der Waals surface area (Å²) < 4.78 is 0. The summed E-state index contributed by atoms with van der Waals surface area (Å²) in [5.74, 6) is 1.50. The molecule has 3 N–H and O–H groups in total. The normalized spacial score (nSPS) is 14.1. The Morgan fingerprint density at radius 3 is 2.15 bits per heavy atom. The molecule has 0 aliphatic rings. The summed E-state index contributed by atoms with van der Waals surface area (Å²) in [6.45, 7) is 11.0. The second-order valence-electron chi connectivity index (χ2n) is 4.78. The van der Waals surface area contributed by atoms with Crippen LogP contribution in [-0.2, 0) is 0 Å². The van der Waals surface area contributed by atoms with Crippen molar-refractivity contribution in [2.75, 3.05) is 13.1 Å². The van der Waals surface area contributed by atoms with Crippen molar-refractivity contribution in [3.05, 3.63) is 0 Å². The molecular weight excluding hydrogens is 160 g/mol. The molecule has 0 aliphatic heterocycles. The zero-order valence-electron chi connectivity index (χ0n) is 9.64. The van der Waals surface area contributed by atoms with Crippen LogP contribution in [0.1, 0.15) is 40.5 Å². The first kappa shape index (κ1) is 12.9. The van der Waals surface area contributed by atoms with Gasteiger partial charge in [-0.1, -0.05) is 27.7 Å². The van der Waals surface area contributed by atoms with Crippen LogP contribution in [0.5, 0.6) is 0 Å². The van der Waals surface area contributed by atoms with Crippen molar-refractivity contribution < 1.29 is 0 Å². The predicted molar refractivity (Wildman–Crippen MR) is 59.8 cm³/mol. The monoisotopic (exact) mass is 186 g/mol. The Labute approximate surface area is 83.3 Å². The number of hydrogen-bond acceptors (Lipinski definition) is 2. The molecule has 0 fully saturated rings. The van der Waals surface area contributed by atoms with Gasteiger partial charge in [0.05, 0.1) is 0 Å². The van der Waals surface area contributed by atoms with E-state index in [0.717, 1.165) is 25.4 Å². The summed E-state index contributed by atoms with van der Waals surface area (Å²) in [6.07, 6.45) is 2.36. The number of hydrogen-bond donors (Lipinski definition) is 2. The van der Waals surface area contributed by atoms with Gasteiger partial charge in [0.2, 0.25) is 0 Å². The molecule has 80 valence electrons. The maximum Gasteiger partial charge on any atom is 0.0167 e. The van der Waals surface area contributed by atoms with Crippen LogP contribution in [0, 0.1) is 11.8 Å². The van der Waals surface area contributed by atoms with E-state index in [4.69, 9.17) is 5.73 Å². The zero-order valence-corrected chi connectivity index (χ0v) is 9.64. The summed E-state index contributed by atoms with van der Waals surface area (Å²) in [5.41, 5.74) is 5.93. The molecule has 0 aromatic heterocycles. The number of nitrogens with one attached hydrogen (secondary N) is 1. The van der Waals surface area contributed by atoms with Crippen molar-refractivity contribution in [1.29, 1.82) is 0 Å². The molecule has 2 nitrogen and oxygen atoms in total. The van der Waals surface area contributed by atoms with Crippen molar-refractivity contribution in [3.8, 4) is 0 Å². The third-order valence-corrected chi connectivity index (χ3v) is 2.08. The van der Waals surface area contributed by atoms with Crippen LogP contribution >= 0.6 is 0 Å². The van der Waals surface area contributed by atoms with Crippen LogP contribution in [0.4, 0.5) is 0 Å². The van der Waals surface area contributed by atoms with Crippen LogP contribution < -0.4 is 11.1 Å². The molecule has 13 heavy (non-hydrogen) atoms. The largest absolute Gasteiger partial charge is 0.327 e. The van der Waals surface area contributed by atoms with Crippen molar-refractivity contribution >= 4 is 0 Å². The van der Waals surface area contributed by atoms with Gasteiger partial charge in [-0.05, 0) is 31.2 Å². The topological polar surface area (TPSA) is 38.0 Å². The minimum Gasteiger partial charge on any atom is -0.327 e. The van der Waals surface area contributed by atoms with Crippen LogP contribution in [0.15, 0.2) is 0 Å². The van der Waals surface area contributed by atoms with Crippen molar-refractivity contribution in [3.63, 3.8) is 0 Å². The lowest BCUT2D eigenvalue weighted by Gasteiger charge is -2.15. The Bertz CT molecular complexity index is 111. The lowest BCUT2D eigenvalue weighted by Crippen LogP contribution is -2.35. The average Bonchev–Trinajstić information content (AvgIpc) is 1.96. The first-order valence-electron chi connectivity index (χ1n) is 5.48. The molecular formula is C11H26N2. The minimum absolute atomic E-state index is 0.326. The van der Waals surface area contributed by atoms with Crippen LogP contribution in [0.25, 0.3) is 0 Å². The van der Waals surface area contributed by atoms with Gasteiger partial charge in [-0.15, -0.1) is 0 Å². The molecule has 0 heterocycles. The lowest BCUT2D eigenvalue weighted by atomic mass is 10.0. The third-order valence-electron chi connectivity index (χ3n) is 2.08. The van der Waals surface area contributed by atoms with E-state index >= 15 is 0 Å². The minimum atomic E-state index is 0.326. The van der Waals surface area contributed by atoms with E-state index < -0.39 is 0 Å². The van der Waals surface area contributed by atoms with Crippen molar-refractivity contribution in [2.45, 2.75) is 46.6 Å². The fourth-order valence-electron chi connectivity index (χ4n) is 1.37. The standard InChI is InChI=1S/C11H26N2/c1-9(2)5-6-13-8-11(12)7-10(3)4/h9-11,13H,5-8,12H2,1-4H3. The molecule has 0 bridgehead atoms. The molecule has 0 radical (unpaired) electrons. The molecule has 0 amide bonds. The van der Waals surface area contributed by atoms with Gasteiger partial charge >= 0.3 is 0 Å². The summed E-state index contributed by atoms with van der Waals surface area (Å²) in [7, 11) is 0. The van der Waals surface area contributed by atoms with E-state index in [1.54, 1.807) is 0 Å². The third kappa shape index (κ3) is 9.84. The summed E-state index contributed by atoms with van der Waals surface area (Å²) in [4.78, 5) is 0. The predicted octanol–water partition coefficient (Wildman–Crippen LogP) is 2.00. The maximum absolute atomic E-state index is 5.93. The van der Waals surface area contributed by atoms with Crippen LogP contribution in [0.3, 0.4) is 0 Å². The molecule has 0 spiro atoms. The first-order valence-corrected chi connectivity index (χ1v) is 5.48. The van der Waals surface area contributed by atoms with Gasteiger partial charge in [0.15, 0.2) is 0 Å². The van der Waals surface area contributed by atoms with Gasteiger partial charge in [0, 0.05) is 12.6 Å². The molecule has 0 aromatic carbocycles. The van der Waals surface area contributed by atoms with Gasteiger partial charge in [-0.25, -0.2) is 0 Å². The highest BCUT2D eigenvalue weighted by atomic mass is 14.9. The maximum atomic E-state index is 5.93. The second kappa shape index (κ2) is 7.34. The zero-order chi connectivity index (χ0) is 10.3. The van der Waals surface area contributed by atoms with Gasteiger partial charge < -0.3 is 11.1 Å². The average molecular weight is 186 g/mol. The quantitative estimate of drug-likeness (QED) is 0.597. The van der Waals surface area contributed by atoms with Crippen molar-refractivity contribution in [2.24, 2.45) is 17.6 Å². The van der Waals surface area contributed by atoms with E-state index in [0.29, 0.717) is 12.0 Å². The SMILES string of the molecule is CC(C)CCNCC(N)CC(C)C. The Morgan fingerprint density at radius 1 is 1.08 bits per heavy atom. The van der Waals surface area contributed by atoms with E-state index in [9.17, 15) is 0 Å². The number of rotatable bonds is 7. The van der Waals surface area contributed by atoms with E-state index in [-0.39, 0.29) is 0 Å². The molecule has 0 aromatic rings. The molecule has 0 saturated heterocycles. The van der Waals surface area contributed by atoms with Crippen LogP contribution in [0.2, 0.25) is 0 Å². The fourth-order valence-corrected chi connectivity index (χ4v) is 1.37. The highest BCUT2D eigenvalue weighted by Gasteiger charge is 2.04. The molecule has 1 unspecified atom stereocenters. The van der Waals surface area contributed by atoms with E-state index in [1.165, 1.54) is 6.42 Å². The molecule has 0 saturated carbocycles. The Balaban J connectivity index is 3.22. The number of nitrogens with two attached hydrogens (primary N) is 1. The lowest BCUT2D eigenvalue weighted by molar-refractivity contribution is 0.453. The second-order valence-corrected chi connectivity index (χ2v) is 4.78. The van der Waals surface area contributed by atoms with Gasteiger partial charge in [-0.3, -0.25) is 0 Å². The highest BCUT2D eigenvalue weighted by molar-refractivity contribution is 4.66. The fraction of sp³-hybridized carbons (Fsp3) is 1.00. The first-order chi connectivity index (χ1) is 6.02. The van der Waals surface area contributed by atoms with Crippen LogP contribution in [-0.4, -0.2) is 19.1 Å². The van der Waals surface area contributed by atoms with Gasteiger partial charge in [0.25, 0.3) is 0 Å². The Kier molecular flexibility index (Phi) is 7.29. The molecule has 0 rings (SSSR count). The molecule has 1 atom stereocenters. The van der Waals surface area contributed by atoms with Gasteiger partial charge in [0.1, 0.15) is 0 Å². The molecule has 0 aliphatic carbocycles. The Hall–Kier alpha value is -0.0800. The Morgan fingerprint density at radius 2 is 1.69 bits per heavy atom. The summed E-state index contributed by atoms with van der Waals surface area (Å²) in [5, 5.41) is 3.40. The molecule has 2 heteroatoms. The van der Waals surface area contributed by atoms with E-state index in [1.807, 2.05) is 0 Å².